The van der Waals surface area contributed by atoms with E-state index in [1.54, 1.807) is 0 Å². The third kappa shape index (κ3) is 2.78. The van der Waals surface area contributed by atoms with Gasteiger partial charge in [0.1, 0.15) is 11.4 Å². The number of ether oxygens (including phenoxy) is 1. The summed E-state index contributed by atoms with van der Waals surface area (Å²) in [4.78, 5) is 9.83. The van der Waals surface area contributed by atoms with Crippen LogP contribution in [-0.2, 0) is 23.2 Å². The molecule has 0 amide bonds. The Bertz CT molecular complexity index is 495. The van der Waals surface area contributed by atoms with E-state index in [9.17, 15) is 0 Å². The predicted octanol–water partition coefficient (Wildman–Crippen LogP) is 3.59. The Hall–Kier alpha value is -1.16. The van der Waals surface area contributed by atoms with Gasteiger partial charge in [0.2, 0.25) is 0 Å². The highest BCUT2D eigenvalue weighted by atomic mass is 16.5. The molecule has 2 aliphatic carbocycles. The minimum absolute atomic E-state index is 0.241. The van der Waals surface area contributed by atoms with Crippen LogP contribution >= 0.6 is 0 Å². The second kappa shape index (κ2) is 6.30. The number of anilines is 1. The maximum atomic E-state index is 5.88. The van der Waals surface area contributed by atoms with Crippen molar-refractivity contribution >= 4 is 5.82 Å². The molecule has 1 heterocycles. The van der Waals surface area contributed by atoms with Crippen molar-refractivity contribution < 1.29 is 4.74 Å². The lowest BCUT2D eigenvalue weighted by Crippen LogP contribution is -2.29. The maximum Gasteiger partial charge on any atom is 0.162 e. The van der Waals surface area contributed by atoms with E-state index in [1.165, 1.54) is 36.9 Å². The number of aryl methyl sites for hydroxylation is 1. The third-order valence-electron chi connectivity index (χ3n) is 4.94. The fourth-order valence-electron chi connectivity index (χ4n) is 3.65. The summed E-state index contributed by atoms with van der Waals surface area (Å²) in [7, 11) is 1.81. The quantitative estimate of drug-likeness (QED) is 0.900. The molecule has 1 saturated carbocycles. The summed E-state index contributed by atoms with van der Waals surface area (Å²) in [6.07, 6.45) is 10.3. The molecule has 0 unspecified atom stereocenters. The molecule has 116 valence electrons. The first kappa shape index (κ1) is 14.8. The van der Waals surface area contributed by atoms with E-state index >= 15 is 0 Å². The van der Waals surface area contributed by atoms with Gasteiger partial charge in [0.05, 0.1) is 0 Å². The average Bonchev–Trinajstić information content (AvgIpc) is 3.02. The number of aromatic nitrogens is 2. The average molecular weight is 289 g/mol. The van der Waals surface area contributed by atoms with Crippen LogP contribution in [0.2, 0.25) is 0 Å². The number of methoxy groups -OCH3 is 1. The van der Waals surface area contributed by atoms with Gasteiger partial charge in [-0.25, -0.2) is 9.97 Å². The van der Waals surface area contributed by atoms with E-state index in [-0.39, 0.29) is 5.60 Å². The van der Waals surface area contributed by atoms with Gasteiger partial charge in [-0.3, -0.25) is 0 Å². The lowest BCUT2D eigenvalue weighted by Gasteiger charge is -2.28. The molecule has 0 aromatic carbocycles. The van der Waals surface area contributed by atoms with Gasteiger partial charge < -0.3 is 10.1 Å². The highest BCUT2D eigenvalue weighted by molar-refractivity contribution is 5.48. The highest BCUT2D eigenvalue weighted by Gasteiger charge is 2.39. The largest absolute Gasteiger partial charge is 0.370 e. The van der Waals surface area contributed by atoms with Gasteiger partial charge >= 0.3 is 0 Å². The lowest BCUT2D eigenvalue weighted by molar-refractivity contribution is -0.0164. The molecule has 0 atom stereocenters. The monoisotopic (exact) mass is 289 g/mol. The van der Waals surface area contributed by atoms with Crippen LogP contribution in [0.4, 0.5) is 5.82 Å². The second-order valence-electron chi connectivity index (χ2n) is 6.36. The van der Waals surface area contributed by atoms with E-state index in [4.69, 9.17) is 14.7 Å². The smallest absolute Gasteiger partial charge is 0.162 e. The third-order valence-corrected chi connectivity index (χ3v) is 4.94. The Kier molecular flexibility index (Phi) is 4.43. The van der Waals surface area contributed by atoms with E-state index in [1.807, 2.05) is 7.11 Å². The van der Waals surface area contributed by atoms with Crippen molar-refractivity contribution in [1.29, 1.82) is 0 Å². The van der Waals surface area contributed by atoms with Crippen LogP contribution < -0.4 is 5.32 Å². The zero-order chi connectivity index (χ0) is 14.7. The van der Waals surface area contributed by atoms with Crippen molar-refractivity contribution in [3.05, 3.63) is 17.1 Å². The van der Waals surface area contributed by atoms with Crippen LogP contribution in [0.1, 0.15) is 69.0 Å². The molecule has 1 fully saturated rings. The summed E-state index contributed by atoms with van der Waals surface area (Å²) < 4.78 is 5.88. The predicted molar refractivity (Wildman–Crippen MR) is 84.6 cm³/mol. The van der Waals surface area contributed by atoms with Crippen LogP contribution in [0, 0.1) is 0 Å². The first-order chi connectivity index (χ1) is 10.3. The highest BCUT2D eigenvalue weighted by Crippen LogP contribution is 2.41. The van der Waals surface area contributed by atoms with Crippen molar-refractivity contribution in [3.63, 3.8) is 0 Å². The molecule has 0 aliphatic heterocycles. The van der Waals surface area contributed by atoms with Crippen molar-refractivity contribution in [3.8, 4) is 0 Å². The summed E-state index contributed by atoms with van der Waals surface area (Å²) in [5.74, 6) is 1.99. The van der Waals surface area contributed by atoms with Crippen molar-refractivity contribution in [2.45, 2.75) is 70.3 Å². The molecule has 4 nitrogen and oxygen atoms in total. The van der Waals surface area contributed by atoms with Crippen LogP contribution in [0.15, 0.2) is 0 Å². The topological polar surface area (TPSA) is 47.0 Å². The summed E-state index contributed by atoms with van der Waals surface area (Å²) in [6.45, 7) is 3.16. The molecule has 0 spiro atoms. The van der Waals surface area contributed by atoms with Gasteiger partial charge in [-0.2, -0.15) is 0 Å². The number of hydrogen-bond acceptors (Lipinski definition) is 4. The minimum atomic E-state index is -0.241. The van der Waals surface area contributed by atoms with Gasteiger partial charge in [0.25, 0.3) is 0 Å². The number of fused-ring (bicyclic) bond motifs is 1. The van der Waals surface area contributed by atoms with Gasteiger partial charge in [0.15, 0.2) is 5.82 Å². The van der Waals surface area contributed by atoms with Gasteiger partial charge in [0, 0.05) is 24.9 Å². The van der Waals surface area contributed by atoms with E-state index in [0.29, 0.717) is 0 Å². The molecule has 0 bridgehead atoms. The SMILES string of the molecule is CCCNc1nc(C2(OC)CCCC2)nc2c1CCCC2. The second-order valence-corrected chi connectivity index (χ2v) is 6.36. The number of rotatable bonds is 5. The lowest BCUT2D eigenvalue weighted by atomic mass is 9.94. The molecule has 1 aromatic heterocycles. The van der Waals surface area contributed by atoms with Gasteiger partial charge in [-0.05, 0) is 57.8 Å². The first-order valence-electron chi connectivity index (χ1n) is 8.48. The molecule has 1 N–H and O–H groups in total. The van der Waals surface area contributed by atoms with Crippen LogP contribution in [0.3, 0.4) is 0 Å². The van der Waals surface area contributed by atoms with Crippen LogP contribution in [-0.4, -0.2) is 23.6 Å². The fraction of sp³-hybridized carbons (Fsp3) is 0.765. The van der Waals surface area contributed by atoms with E-state index in [0.717, 1.165) is 50.3 Å². The number of hydrogen-bond donors (Lipinski definition) is 1. The molecular formula is C17H27N3O. The molecule has 2 aliphatic rings. The Morgan fingerprint density at radius 3 is 2.57 bits per heavy atom. The van der Waals surface area contributed by atoms with Crippen molar-refractivity contribution in [1.82, 2.24) is 9.97 Å². The Morgan fingerprint density at radius 1 is 1.10 bits per heavy atom. The zero-order valence-electron chi connectivity index (χ0n) is 13.4. The summed E-state index contributed by atoms with van der Waals surface area (Å²) in [6, 6.07) is 0. The van der Waals surface area contributed by atoms with Crippen LogP contribution in [0.5, 0.6) is 0 Å². The van der Waals surface area contributed by atoms with Crippen molar-refractivity contribution in [2.24, 2.45) is 0 Å². The molecule has 1 aromatic rings. The van der Waals surface area contributed by atoms with Crippen molar-refractivity contribution in [2.75, 3.05) is 19.0 Å². The van der Waals surface area contributed by atoms with Crippen LogP contribution in [0.25, 0.3) is 0 Å². The Labute approximate surface area is 127 Å². The molecule has 0 saturated heterocycles. The number of nitrogens with zero attached hydrogens (tertiary/aromatic N) is 2. The van der Waals surface area contributed by atoms with E-state index < -0.39 is 0 Å². The van der Waals surface area contributed by atoms with Gasteiger partial charge in [-0.15, -0.1) is 0 Å². The normalized spacial score (nSPS) is 20.3. The Balaban J connectivity index is 2.00. The molecule has 0 radical (unpaired) electrons. The zero-order valence-corrected chi connectivity index (χ0v) is 13.4. The van der Waals surface area contributed by atoms with Gasteiger partial charge in [-0.1, -0.05) is 6.92 Å². The Morgan fingerprint density at radius 2 is 1.86 bits per heavy atom. The molecule has 4 heteroatoms. The number of nitrogens with one attached hydrogen (secondary N) is 1. The standard InChI is InChI=1S/C17H27N3O/c1-3-12-18-15-13-8-4-5-9-14(13)19-16(20-15)17(21-2)10-6-7-11-17/h3-12H2,1-2H3,(H,18,19,20). The minimum Gasteiger partial charge on any atom is -0.370 e. The summed E-state index contributed by atoms with van der Waals surface area (Å²) in [5.41, 5.74) is 2.37. The summed E-state index contributed by atoms with van der Waals surface area (Å²) >= 11 is 0. The fourth-order valence-corrected chi connectivity index (χ4v) is 3.65. The first-order valence-corrected chi connectivity index (χ1v) is 8.48. The maximum absolute atomic E-state index is 5.88. The van der Waals surface area contributed by atoms with E-state index in [2.05, 4.69) is 12.2 Å². The molecular weight excluding hydrogens is 262 g/mol. The summed E-state index contributed by atoms with van der Waals surface area (Å²) in [5, 5.41) is 3.52. The molecule has 21 heavy (non-hydrogen) atoms. The molecule has 3 rings (SSSR count).